The minimum absolute atomic E-state index is 0.0139. The van der Waals surface area contributed by atoms with Gasteiger partial charge in [0.1, 0.15) is 0 Å². The van der Waals surface area contributed by atoms with Gasteiger partial charge in [-0.2, -0.15) is 0 Å². The summed E-state index contributed by atoms with van der Waals surface area (Å²) in [4.78, 5) is 11.9. The van der Waals surface area contributed by atoms with E-state index in [1.54, 1.807) is 13.0 Å². The molecule has 0 aliphatic heterocycles. The molecule has 0 saturated heterocycles. The highest BCUT2D eigenvalue weighted by Gasteiger charge is 2.01. The Balaban J connectivity index is 2.80. The predicted molar refractivity (Wildman–Crippen MR) is 46.6 cm³/mol. The van der Waals surface area contributed by atoms with Crippen LogP contribution in [0.3, 0.4) is 0 Å². The zero-order valence-corrected chi connectivity index (χ0v) is 7.02. The molecule has 1 aromatic heterocycles. The average molecular weight is 167 g/mol. The fraction of sp³-hybridized carbons (Fsp3) is 0.125. The van der Waals surface area contributed by atoms with Crippen LogP contribution < -0.4 is 5.73 Å². The highest BCUT2D eigenvalue weighted by atomic mass is 32.1. The van der Waals surface area contributed by atoms with Gasteiger partial charge in [-0.05, 0) is 18.4 Å². The summed E-state index contributed by atoms with van der Waals surface area (Å²) in [5, 5.41) is 1.87. The Bertz CT molecular complexity index is 270. The molecule has 1 heterocycles. The van der Waals surface area contributed by atoms with Crippen molar-refractivity contribution in [2.45, 2.75) is 6.92 Å². The van der Waals surface area contributed by atoms with E-state index in [0.717, 1.165) is 4.88 Å². The number of hydrogen-bond acceptors (Lipinski definition) is 3. The second kappa shape index (κ2) is 3.34. The van der Waals surface area contributed by atoms with Gasteiger partial charge in [-0.25, -0.2) is 0 Å². The normalized spacial score (nSPS) is 11.5. The van der Waals surface area contributed by atoms with Crippen LogP contribution >= 0.6 is 11.3 Å². The van der Waals surface area contributed by atoms with E-state index in [0.29, 0.717) is 5.70 Å². The van der Waals surface area contributed by atoms with Gasteiger partial charge in [-0.3, -0.25) is 4.79 Å². The third kappa shape index (κ3) is 2.20. The summed E-state index contributed by atoms with van der Waals surface area (Å²) in [6.45, 7) is 1.70. The van der Waals surface area contributed by atoms with Gasteiger partial charge in [0.05, 0.1) is 4.88 Å². The molecule has 1 aromatic rings. The number of carbonyl (C=O) groups excluding carboxylic acids is 1. The van der Waals surface area contributed by atoms with Gasteiger partial charge >= 0.3 is 0 Å². The lowest BCUT2D eigenvalue weighted by atomic mass is 10.3. The first kappa shape index (κ1) is 8.01. The maximum Gasteiger partial charge on any atom is 0.197 e. The Kier molecular flexibility index (Phi) is 2.44. The molecule has 1 rings (SSSR count). The third-order valence-corrected chi connectivity index (χ3v) is 2.01. The van der Waals surface area contributed by atoms with E-state index in [1.165, 1.54) is 17.4 Å². The van der Waals surface area contributed by atoms with Crippen molar-refractivity contribution in [1.82, 2.24) is 0 Å². The molecule has 0 fully saturated rings. The van der Waals surface area contributed by atoms with Crippen molar-refractivity contribution in [2.24, 2.45) is 5.73 Å². The van der Waals surface area contributed by atoms with Crippen LogP contribution in [0.4, 0.5) is 0 Å². The predicted octanol–water partition coefficient (Wildman–Crippen LogP) is 1.79. The Labute approximate surface area is 69.3 Å². The highest BCUT2D eigenvalue weighted by molar-refractivity contribution is 7.12. The molecule has 58 valence electrons. The first-order chi connectivity index (χ1) is 5.20. The fourth-order valence-electron chi connectivity index (χ4n) is 0.697. The van der Waals surface area contributed by atoms with Crippen LogP contribution in [0.1, 0.15) is 16.6 Å². The summed E-state index contributed by atoms with van der Waals surface area (Å²) < 4.78 is 0. The van der Waals surface area contributed by atoms with E-state index in [-0.39, 0.29) is 5.78 Å². The van der Waals surface area contributed by atoms with Crippen molar-refractivity contribution in [3.63, 3.8) is 0 Å². The largest absolute Gasteiger partial charge is 0.402 e. The third-order valence-electron chi connectivity index (χ3n) is 1.12. The lowest BCUT2D eigenvalue weighted by molar-refractivity contribution is 0.104. The molecule has 0 unspecified atom stereocenters. The second-order valence-corrected chi connectivity index (χ2v) is 3.18. The van der Waals surface area contributed by atoms with Crippen molar-refractivity contribution in [1.29, 1.82) is 0 Å². The first-order valence-electron chi connectivity index (χ1n) is 3.22. The van der Waals surface area contributed by atoms with Gasteiger partial charge < -0.3 is 5.73 Å². The van der Waals surface area contributed by atoms with Gasteiger partial charge in [0.25, 0.3) is 0 Å². The van der Waals surface area contributed by atoms with Crippen molar-refractivity contribution >= 4 is 17.1 Å². The van der Waals surface area contributed by atoms with Crippen molar-refractivity contribution < 1.29 is 4.79 Å². The summed E-state index contributed by atoms with van der Waals surface area (Å²) in [5.74, 6) is -0.0139. The van der Waals surface area contributed by atoms with E-state index in [2.05, 4.69) is 0 Å². The van der Waals surface area contributed by atoms with E-state index >= 15 is 0 Å². The number of ketones is 1. The molecule has 2 nitrogen and oxygen atoms in total. The first-order valence-corrected chi connectivity index (χ1v) is 4.09. The molecule has 3 heteroatoms. The number of carbonyl (C=O) groups is 1. The summed E-state index contributed by atoms with van der Waals surface area (Å²) in [6, 6.07) is 3.63. The maximum atomic E-state index is 11.2. The van der Waals surface area contributed by atoms with Crippen molar-refractivity contribution in [3.05, 3.63) is 34.2 Å². The topological polar surface area (TPSA) is 43.1 Å². The Morgan fingerprint density at radius 2 is 2.45 bits per heavy atom. The molecule has 0 spiro atoms. The Morgan fingerprint density at radius 3 is 2.91 bits per heavy atom. The van der Waals surface area contributed by atoms with Gasteiger partial charge in [-0.1, -0.05) is 6.07 Å². The van der Waals surface area contributed by atoms with E-state index in [4.69, 9.17) is 5.73 Å². The van der Waals surface area contributed by atoms with Gasteiger partial charge in [0.15, 0.2) is 5.78 Å². The van der Waals surface area contributed by atoms with Crippen LogP contribution in [-0.2, 0) is 0 Å². The quantitative estimate of drug-likeness (QED) is 0.539. The minimum Gasteiger partial charge on any atom is -0.402 e. The van der Waals surface area contributed by atoms with E-state index in [9.17, 15) is 4.79 Å². The Morgan fingerprint density at radius 1 is 1.73 bits per heavy atom. The fourth-order valence-corrected chi connectivity index (χ4v) is 1.33. The van der Waals surface area contributed by atoms with Gasteiger partial charge in [0.2, 0.25) is 0 Å². The minimum atomic E-state index is -0.0139. The molecular formula is C8H9NOS. The zero-order chi connectivity index (χ0) is 8.27. The molecule has 0 saturated carbocycles. The smallest absolute Gasteiger partial charge is 0.197 e. The summed E-state index contributed by atoms with van der Waals surface area (Å²) >= 11 is 1.42. The average Bonchev–Trinajstić information content (AvgIpc) is 2.35. The Hall–Kier alpha value is -1.09. The zero-order valence-electron chi connectivity index (χ0n) is 6.20. The lowest BCUT2D eigenvalue weighted by Gasteiger charge is -1.89. The number of hydrogen-bond donors (Lipinski definition) is 1. The number of nitrogens with two attached hydrogens (primary N) is 1. The molecule has 0 atom stereocenters. The van der Waals surface area contributed by atoms with Crippen molar-refractivity contribution in [2.75, 3.05) is 0 Å². The molecule has 11 heavy (non-hydrogen) atoms. The highest BCUT2D eigenvalue weighted by Crippen LogP contribution is 2.09. The van der Waals surface area contributed by atoms with Crippen LogP contribution in [-0.4, -0.2) is 5.78 Å². The second-order valence-electron chi connectivity index (χ2n) is 2.23. The monoisotopic (exact) mass is 167 g/mol. The number of rotatable bonds is 2. The SMILES string of the molecule is CC(N)=CC(=O)c1cccs1. The summed E-state index contributed by atoms with van der Waals surface area (Å²) in [5.41, 5.74) is 5.89. The maximum absolute atomic E-state index is 11.2. The van der Waals surface area contributed by atoms with Gasteiger partial charge in [0, 0.05) is 11.8 Å². The van der Waals surface area contributed by atoms with Gasteiger partial charge in [-0.15, -0.1) is 11.3 Å². The molecular weight excluding hydrogens is 158 g/mol. The molecule has 0 aliphatic rings. The standard InChI is InChI=1S/C8H9NOS/c1-6(9)5-7(10)8-3-2-4-11-8/h2-5H,9H2,1H3. The molecule has 0 amide bonds. The van der Waals surface area contributed by atoms with E-state index < -0.39 is 0 Å². The van der Waals surface area contributed by atoms with Crippen LogP contribution in [0.15, 0.2) is 29.3 Å². The number of allylic oxidation sites excluding steroid dienone is 2. The molecule has 2 N–H and O–H groups in total. The van der Waals surface area contributed by atoms with Crippen molar-refractivity contribution in [3.8, 4) is 0 Å². The molecule has 0 radical (unpaired) electrons. The van der Waals surface area contributed by atoms with Crippen LogP contribution in [0.2, 0.25) is 0 Å². The van der Waals surface area contributed by atoms with Crippen LogP contribution in [0.5, 0.6) is 0 Å². The summed E-state index contributed by atoms with van der Waals surface area (Å²) in [6.07, 6.45) is 1.44. The van der Waals surface area contributed by atoms with Crippen LogP contribution in [0.25, 0.3) is 0 Å². The molecule has 0 aromatic carbocycles. The lowest BCUT2D eigenvalue weighted by Crippen LogP contribution is -1.97. The summed E-state index contributed by atoms with van der Waals surface area (Å²) in [7, 11) is 0. The van der Waals surface area contributed by atoms with E-state index in [1.807, 2.05) is 11.4 Å². The number of thiophene rings is 1. The molecule has 0 bridgehead atoms. The van der Waals surface area contributed by atoms with Crippen LogP contribution in [0, 0.1) is 0 Å². The molecule has 0 aliphatic carbocycles.